The molecule has 2 unspecified atom stereocenters. The van der Waals surface area contributed by atoms with Gasteiger partial charge in [-0.3, -0.25) is 4.79 Å². The van der Waals surface area contributed by atoms with E-state index >= 15 is 0 Å². The third kappa shape index (κ3) is 4.25. The zero-order valence-electron chi connectivity index (χ0n) is 12.2. The summed E-state index contributed by atoms with van der Waals surface area (Å²) < 4.78 is 5.85. The first-order valence-electron chi connectivity index (χ1n) is 7.05. The standard InChI is InChI=1S/C14H28N2O2/c1-10(2)6-8-18-12-5-7-14(9-12,13(15)17)16-11(3)4/h10-12,16H,5-9H2,1-4H3,(H2,15,17). The van der Waals surface area contributed by atoms with Gasteiger partial charge in [-0.25, -0.2) is 0 Å². The van der Waals surface area contributed by atoms with E-state index in [0.717, 1.165) is 25.9 Å². The van der Waals surface area contributed by atoms with Gasteiger partial charge in [-0.05, 0) is 39.0 Å². The van der Waals surface area contributed by atoms with Crippen molar-refractivity contribution in [3.05, 3.63) is 0 Å². The van der Waals surface area contributed by atoms with Crippen LogP contribution in [0.5, 0.6) is 0 Å². The Kier molecular flexibility index (Phi) is 5.60. The van der Waals surface area contributed by atoms with E-state index < -0.39 is 5.54 Å². The molecule has 4 nitrogen and oxygen atoms in total. The van der Waals surface area contributed by atoms with Crippen LogP contribution in [0.1, 0.15) is 53.4 Å². The lowest BCUT2D eigenvalue weighted by atomic mass is 9.95. The molecule has 4 heteroatoms. The molecule has 1 saturated carbocycles. The summed E-state index contributed by atoms with van der Waals surface area (Å²) in [6, 6.07) is 0.256. The van der Waals surface area contributed by atoms with Gasteiger partial charge in [-0.2, -0.15) is 0 Å². The molecule has 0 saturated heterocycles. The van der Waals surface area contributed by atoms with Gasteiger partial charge in [0.15, 0.2) is 0 Å². The molecule has 1 amide bonds. The second-order valence-electron chi connectivity index (χ2n) is 6.16. The number of ether oxygens (including phenoxy) is 1. The average molecular weight is 256 g/mol. The monoisotopic (exact) mass is 256 g/mol. The molecule has 0 aromatic heterocycles. The number of carbonyl (C=O) groups is 1. The fourth-order valence-electron chi connectivity index (χ4n) is 2.59. The zero-order valence-corrected chi connectivity index (χ0v) is 12.2. The van der Waals surface area contributed by atoms with Crippen LogP contribution >= 0.6 is 0 Å². The minimum atomic E-state index is -0.559. The number of primary amides is 1. The minimum absolute atomic E-state index is 0.169. The van der Waals surface area contributed by atoms with Crippen molar-refractivity contribution in [2.75, 3.05) is 6.61 Å². The van der Waals surface area contributed by atoms with Crippen molar-refractivity contribution in [1.82, 2.24) is 5.32 Å². The molecule has 1 rings (SSSR count). The van der Waals surface area contributed by atoms with Crippen LogP contribution in [0.15, 0.2) is 0 Å². The van der Waals surface area contributed by atoms with Gasteiger partial charge in [0.2, 0.25) is 5.91 Å². The highest BCUT2D eigenvalue weighted by atomic mass is 16.5. The van der Waals surface area contributed by atoms with Crippen molar-refractivity contribution in [3.63, 3.8) is 0 Å². The van der Waals surface area contributed by atoms with Crippen LogP contribution in [0.3, 0.4) is 0 Å². The van der Waals surface area contributed by atoms with Gasteiger partial charge in [0.25, 0.3) is 0 Å². The number of nitrogens with two attached hydrogens (primary N) is 1. The van der Waals surface area contributed by atoms with E-state index in [1.54, 1.807) is 0 Å². The van der Waals surface area contributed by atoms with Crippen molar-refractivity contribution in [2.24, 2.45) is 11.7 Å². The highest BCUT2D eigenvalue weighted by Gasteiger charge is 2.44. The van der Waals surface area contributed by atoms with Crippen molar-refractivity contribution in [1.29, 1.82) is 0 Å². The van der Waals surface area contributed by atoms with Gasteiger partial charge in [0, 0.05) is 19.1 Å². The van der Waals surface area contributed by atoms with Crippen LogP contribution in [-0.2, 0) is 9.53 Å². The number of rotatable bonds is 7. The van der Waals surface area contributed by atoms with Gasteiger partial charge in [-0.15, -0.1) is 0 Å². The molecule has 0 aromatic carbocycles. The SMILES string of the molecule is CC(C)CCOC1CCC(NC(C)C)(C(N)=O)C1. The Bertz CT molecular complexity index is 279. The van der Waals surface area contributed by atoms with E-state index in [1.807, 2.05) is 13.8 Å². The highest BCUT2D eigenvalue weighted by molar-refractivity contribution is 5.85. The highest BCUT2D eigenvalue weighted by Crippen LogP contribution is 2.32. The average Bonchev–Trinajstić information content (AvgIpc) is 2.61. The second kappa shape index (κ2) is 6.53. The Labute approximate surface area is 111 Å². The lowest BCUT2D eigenvalue weighted by Crippen LogP contribution is -2.56. The number of nitrogens with one attached hydrogen (secondary N) is 1. The van der Waals surface area contributed by atoms with Crippen LogP contribution in [-0.4, -0.2) is 30.2 Å². The van der Waals surface area contributed by atoms with Crippen molar-refractivity contribution in [2.45, 2.75) is 71.1 Å². The van der Waals surface area contributed by atoms with Crippen LogP contribution in [0.25, 0.3) is 0 Å². The first-order chi connectivity index (χ1) is 8.35. The summed E-state index contributed by atoms with van der Waals surface area (Å²) in [5.41, 5.74) is 5.00. The lowest BCUT2D eigenvalue weighted by molar-refractivity contribution is -0.125. The summed E-state index contributed by atoms with van der Waals surface area (Å²) in [4.78, 5) is 11.7. The Morgan fingerprint density at radius 3 is 2.61 bits per heavy atom. The Hall–Kier alpha value is -0.610. The summed E-state index contributed by atoms with van der Waals surface area (Å²) in [7, 11) is 0. The molecule has 1 aliphatic carbocycles. The number of carbonyl (C=O) groups excluding carboxylic acids is 1. The maximum absolute atomic E-state index is 11.7. The third-order valence-corrected chi connectivity index (χ3v) is 3.55. The van der Waals surface area contributed by atoms with E-state index in [0.29, 0.717) is 12.3 Å². The zero-order chi connectivity index (χ0) is 13.8. The maximum atomic E-state index is 11.7. The molecule has 0 bridgehead atoms. The molecule has 0 heterocycles. The molecule has 1 fully saturated rings. The largest absolute Gasteiger partial charge is 0.378 e. The van der Waals surface area contributed by atoms with E-state index in [-0.39, 0.29) is 18.1 Å². The fourth-order valence-corrected chi connectivity index (χ4v) is 2.59. The van der Waals surface area contributed by atoms with Crippen molar-refractivity contribution < 1.29 is 9.53 Å². The van der Waals surface area contributed by atoms with E-state index in [4.69, 9.17) is 10.5 Å². The second-order valence-corrected chi connectivity index (χ2v) is 6.16. The van der Waals surface area contributed by atoms with Crippen LogP contribution < -0.4 is 11.1 Å². The molecule has 1 aliphatic rings. The molecular weight excluding hydrogens is 228 g/mol. The van der Waals surface area contributed by atoms with Crippen molar-refractivity contribution in [3.8, 4) is 0 Å². The first-order valence-corrected chi connectivity index (χ1v) is 7.05. The predicted molar refractivity (Wildman–Crippen MR) is 73.2 cm³/mol. The Morgan fingerprint density at radius 1 is 1.44 bits per heavy atom. The molecular formula is C14H28N2O2. The topological polar surface area (TPSA) is 64.3 Å². The molecule has 3 N–H and O–H groups in total. The number of hydrogen-bond acceptors (Lipinski definition) is 3. The molecule has 2 atom stereocenters. The smallest absolute Gasteiger partial charge is 0.237 e. The summed E-state index contributed by atoms with van der Waals surface area (Å²) >= 11 is 0. The van der Waals surface area contributed by atoms with E-state index in [2.05, 4.69) is 19.2 Å². The Morgan fingerprint density at radius 2 is 2.11 bits per heavy atom. The third-order valence-electron chi connectivity index (χ3n) is 3.55. The fraction of sp³-hybridized carbons (Fsp3) is 0.929. The van der Waals surface area contributed by atoms with Crippen molar-refractivity contribution >= 4 is 5.91 Å². The van der Waals surface area contributed by atoms with Gasteiger partial charge in [-0.1, -0.05) is 13.8 Å². The van der Waals surface area contributed by atoms with E-state index in [9.17, 15) is 4.79 Å². The maximum Gasteiger partial charge on any atom is 0.237 e. The number of amides is 1. The van der Waals surface area contributed by atoms with E-state index in [1.165, 1.54) is 0 Å². The molecule has 0 spiro atoms. The first kappa shape index (κ1) is 15.4. The van der Waals surface area contributed by atoms with Crippen LogP contribution in [0.4, 0.5) is 0 Å². The predicted octanol–water partition coefficient (Wildman–Crippen LogP) is 1.82. The summed E-state index contributed by atoms with van der Waals surface area (Å²) in [5.74, 6) is 0.409. The summed E-state index contributed by atoms with van der Waals surface area (Å²) in [6.45, 7) is 9.23. The summed E-state index contributed by atoms with van der Waals surface area (Å²) in [5, 5.41) is 3.33. The number of hydrogen-bond donors (Lipinski definition) is 2. The van der Waals surface area contributed by atoms with Gasteiger partial charge in [0.05, 0.1) is 6.10 Å². The van der Waals surface area contributed by atoms with Crippen LogP contribution in [0, 0.1) is 5.92 Å². The quantitative estimate of drug-likeness (QED) is 0.730. The lowest BCUT2D eigenvalue weighted by Gasteiger charge is -2.29. The molecule has 18 heavy (non-hydrogen) atoms. The minimum Gasteiger partial charge on any atom is -0.378 e. The van der Waals surface area contributed by atoms with Gasteiger partial charge < -0.3 is 15.8 Å². The Balaban J connectivity index is 2.47. The van der Waals surface area contributed by atoms with Crippen LogP contribution in [0.2, 0.25) is 0 Å². The molecule has 0 aliphatic heterocycles. The van der Waals surface area contributed by atoms with Gasteiger partial charge >= 0.3 is 0 Å². The normalized spacial score (nSPS) is 28.2. The van der Waals surface area contributed by atoms with Gasteiger partial charge in [0.1, 0.15) is 5.54 Å². The molecule has 0 radical (unpaired) electrons. The molecule has 0 aromatic rings. The summed E-state index contributed by atoms with van der Waals surface area (Å²) in [6.07, 6.45) is 3.65. The molecule has 106 valence electrons.